The number of aromatic nitrogens is 5. The number of unbranched alkanes of at least 4 members (excludes halogenated alkanes) is 1. The van der Waals surface area contributed by atoms with Crippen molar-refractivity contribution in [2.45, 2.75) is 58.0 Å². The van der Waals surface area contributed by atoms with Crippen LogP contribution in [-0.4, -0.2) is 42.7 Å². The summed E-state index contributed by atoms with van der Waals surface area (Å²) in [6, 6.07) is 1.28. The molecule has 0 aromatic carbocycles. The summed E-state index contributed by atoms with van der Waals surface area (Å²) < 4.78 is 15.5. The normalized spacial score (nSPS) is 14.9. The molecule has 0 fully saturated rings. The third kappa shape index (κ3) is 4.42. The summed E-state index contributed by atoms with van der Waals surface area (Å²) >= 11 is 0. The molecule has 164 valence electrons. The number of nitrogens with zero attached hydrogens (tertiary/aromatic N) is 5. The molecule has 0 saturated carbocycles. The molecule has 0 unspecified atom stereocenters. The number of nitrogens with one attached hydrogen (secondary N) is 2. The van der Waals surface area contributed by atoms with E-state index in [1.54, 1.807) is 6.20 Å². The number of halogens is 1. The predicted molar refractivity (Wildman–Crippen MR) is 116 cm³/mol. The lowest BCUT2D eigenvalue weighted by molar-refractivity contribution is 0.0944. The van der Waals surface area contributed by atoms with Crippen LogP contribution in [0.25, 0.3) is 11.0 Å². The molecule has 4 heterocycles. The van der Waals surface area contributed by atoms with Crippen molar-refractivity contribution in [1.82, 2.24) is 30.0 Å². The molecule has 3 aromatic heterocycles. The number of pyridine rings is 1. The number of carbonyl (C=O) groups is 1. The topological polar surface area (TPSA) is 124 Å². The number of nitrogens with two attached hydrogens (primary N) is 1. The van der Waals surface area contributed by atoms with Crippen LogP contribution in [0.2, 0.25) is 0 Å². The van der Waals surface area contributed by atoms with Gasteiger partial charge in [-0.3, -0.25) is 9.48 Å². The summed E-state index contributed by atoms with van der Waals surface area (Å²) in [5.74, 6) is -0.187. The lowest BCUT2D eigenvalue weighted by Gasteiger charge is -2.32. The SMILES string of the molecule is CCCC[C@](C)(CNC(=O)c1cnn2c1CCC2)Nc1nc(N)nc2cc(F)cnc12. The fourth-order valence-electron chi connectivity index (χ4n) is 3.97. The number of nitrogen functional groups attached to an aromatic ring is 1. The van der Waals surface area contributed by atoms with E-state index in [4.69, 9.17) is 5.73 Å². The van der Waals surface area contributed by atoms with E-state index in [0.717, 1.165) is 50.5 Å². The number of amides is 1. The number of rotatable bonds is 8. The fraction of sp³-hybridized carbons (Fsp3) is 0.476. The number of hydrogen-bond donors (Lipinski definition) is 3. The summed E-state index contributed by atoms with van der Waals surface area (Å²) in [4.78, 5) is 25.4. The van der Waals surface area contributed by atoms with Gasteiger partial charge in [-0.25, -0.2) is 14.4 Å². The molecule has 4 N–H and O–H groups in total. The Morgan fingerprint density at radius 1 is 1.35 bits per heavy atom. The Morgan fingerprint density at radius 2 is 2.19 bits per heavy atom. The average molecular weight is 427 g/mol. The van der Waals surface area contributed by atoms with Crippen molar-refractivity contribution in [2.75, 3.05) is 17.6 Å². The van der Waals surface area contributed by atoms with Crippen molar-refractivity contribution in [3.05, 3.63) is 35.5 Å². The van der Waals surface area contributed by atoms with Gasteiger partial charge in [-0.15, -0.1) is 0 Å². The van der Waals surface area contributed by atoms with Gasteiger partial charge in [0, 0.05) is 19.2 Å². The van der Waals surface area contributed by atoms with E-state index < -0.39 is 11.4 Å². The van der Waals surface area contributed by atoms with Gasteiger partial charge in [-0.2, -0.15) is 10.1 Å². The van der Waals surface area contributed by atoms with Gasteiger partial charge in [-0.05, 0) is 26.2 Å². The highest BCUT2D eigenvalue weighted by molar-refractivity contribution is 5.95. The zero-order valence-corrected chi connectivity index (χ0v) is 17.8. The van der Waals surface area contributed by atoms with Crippen molar-refractivity contribution < 1.29 is 9.18 Å². The Hall–Kier alpha value is -3.30. The highest BCUT2D eigenvalue weighted by Gasteiger charge is 2.28. The number of fused-ring (bicyclic) bond motifs is 2. The molecule has 0 aliphatic carbocycles. The Morgan fingerprint density at radius 3 is 3.00 bits per heavy atom. The molecule has 0 bridgehead atoms. The molecule has 3 aromatic rings. The predicted octanol–water partition coefficient (Wildman–Crippen LogP) is 2.68. The second kappa shape index (κ2) is 8.44. The molecule has 0 spiro atoms. The molecule has 9 nitrogen and oxygen atoms in total. The smallest absolute Gasteiger partial charge is 0.254 e. The molecule has 31 heavy (non-hydrogen) atoms. The Kier molecular flexibility index (Phi) is 5.71. The number of carbonyl (C=O) groups excluding carboxylic acids is 1. The number of hydrogen-bond acceptors (Lipinski definition) is 7. The highest BCUT2D eigenvalue weighted by atomic mass is 19.1. The van der Waals surface area contributed by atoms with Gasteiger partial charge < -0.3 is 16.4 Å². The molecule has 1 aliphatic heterocycles. The van der Waals surface area contributed by atoms with Gasteiger partial charge in [0.1, 0.15) is 11.3 Å². The minimum Gasteiger partial charge on any atom is -0.368 e. The van der Waals surface area contributed by atoms with Gasteiger partial charge in [0.15, 0.2) is 5.82 Å². The third-order valence-electron chi connectivity index (χ3n) is 5.64. The van der Waals surface area contributed by atoms with E-state index in [1.807, 2.05) is 11.6 Å². The van der Waals surface area contributed by atoms with Crippen LogP contribution < -0.4 is 16.4 Å². The summed E-state index contributed by atoms with van der Waals surface area (Å²) in [6.07, 6.45) is 7.36. The van der Waals surface area contributed by atoms with Crippen LogP contribution in [0.15, 0.2) is 18.5 Å². The molecular weight excluding hydrogens is 399 g/mol. The van der Waals surface area contributed by atoms with Gasteiger partial charge in [0.05, 0.1) is 34.7 Å². The second-order valence-electron chi connectivity index (χ2n) is 8.26. The van der Waals surface area contributed by atoms with E-state index in [0.29, 0.717) is 29.0 Å². The molecule has 1 aliphatic rings. The first-order valence-electron chi connectivity index (χ1n) is 10.6. The minimum atomic E-state index is -0.522. The molecule has 0 radical (unpaired) electrons. The second-order valence-corrected chi connectivity index (χ2v) is 8.26. The highest BCUT2D eigenvalue weighted by Crippen LogP contribution is 2.26. The maximum Gasteiger partial charge on any atom is 0.254 e. The Labute approximate surface area is 179 Å². The third-order valence-corrected chi connectivity index (χ3v) is 5.64. The summed E-state index contributed by atoms with van der Waals surface area (Å²) in [5, 5.41) is 10.7. The van der Waals surface area contributed by atoms with Gasteiger partial charge in [-0.1, -0.05) is 19.8 Å². The zero-order valence-electron chi connectivity index (χ0n) is 17.8. The Bertz CT molecular complexity index is 1110. The minimum absolute atomic E-state index is 0.0275. The van der Waals surface area contributed by atoms with E-state index in [-0.39, 0.29) is 11.9 Å². The first-order valence-corrected chi connectivity index (χ1v) is 10.6. The first kappa shape index (κ1) is 21.0. The van der Waals surface area contributed by atoms with Crippen molar-refractivity contribution in [1.29, 1.82) is 0 Å². The fourth-order valence-corrected chi connectivity index (χ4v) is 3.97. The Balaban J connectivity index is 1.56. The van der Waals surface area contributed by atoms with E-state index in [9.17, 15) is 9.18 Å². The summed E-state index contributed by atoms with van der Waals surface area (Å²) in [6.45, 7) is 5.34. The van der Waals surface area contributed by atoms with Crippen LogP contribution in [0.4, 0.5) is 16.2 Å². The number of aryl methyl sites for hydroxylation is 1. The standard InChI is InChI=1S/C21H27FN8O/c1-3-4-7-21(2,12-25-19(31)14-11-26-30-8-5-6-16(14)30)29-18-17-15(27-20(23)28-18)9-13(22)10-24-17/h9-11H,3-8,12H2,1-2H3,(H,25,31)(H3,23,27,28,29)/t21-/m1/s1. The van der Waals surface area contributed by atoms with E-state index in [1.165, 1.54) is 6.07 Å². The van der Waals surface area contributed by atoms with Crippen LogP contribution in [-0.2, 0) is 13.0 Å². The molecule has 0 saturated heterocycles. The van der Waals surface area contributed by atoms with Crippen molar-refractivity contribution in [3.8, 4) is 0 Å². The van der Waals surface area contributed by atoms with Crippen LogP contribution in [0.1, 0.15) is 55.6 Å². The zero-order chi connectivity index (χ0) is 22.0. The largest absolute Gasteiger partial charge is 0.368 e. The van der Waals surface area contributed by atoms with Crippen LogP contribution >= 0.6 is 0 Å². The maximum atomic E-state index is 13.6. The van der Waals surface area contributed by atoms with Crippen LogP contribution in [0.3, 0.4) is 0 Å². The average Bonchev–Trinajstić information content (AvgIpc) is 3.34. The molecule has 1 amide bonds. The number of anilines is 2. The van der Waals surface area contributed by atoms with E-state index >= 15 is 0 Å². The quantitative estimate of drug-likeness (QED) is 0.506. The lowest BCUT2D eigenvalue weighted by Crippen LogP contribution is -2.47. The van der Waals surface area contributed by atoms with Crippen molar-refractivity contribution in [2.24, 2.45) is 0 Å². The monoisotopic (exact) mass is 426 g/mol. The molecule has 1 atom stereocenters. The van der Waals surface area contributed by atoms with Crippen LogP contribution in [0, 0.1) is 5.82 Å². The van der Waals surface area contributed by atoms with Gasteiger partial charge in [0.25, 0.3) is 5.91 Å². The molecule has 10 heteroatoms. The van der Waals surface area contributed by atoms with Crippen molar-refractivity contribution in [3.63, 3.8) is 0 Å². The van der Waals surface area contributed by atoms with Crippen LogP contribution in [0.5, 0.6) is 0 Å². The maximum absolute atomic E-state index is 13.6. The summed E-state index contributed by atoms with van der Waals surface area (Å²) in [7, 11) is 0. The summed E-state index contributed by atoms with van der Waals surface area (Å²) in [5.41, 5.74) is 7.69. The van der Waals surface area contributed by atoms with Gasteiger partial charge in [0.2, 0.25) is 5.95 Å². The first-order chi connectivity index (χ1) is 14.9. The molecular formula is C21H27FN8O. The lowest BCUT2D eigenvalue weighted by atomic mass is 9.94. The molecule has 4 rings (SSSR count). The van der Waals surface area contributed by atoms with E-state index in [2.05, 4.69) is 37.6 Å². The van der Waals surface area contributed by atoms with Crippen molar-refractivity contribution >= 4 is 28.7 Å². The van der Waals surface area contributed by atoms with Gasteiger partial charge >= 0.3 is 0 Å².